The quantitative estimate of drug-likeness (QED) is 0.710. The summed E-state index contributed by atoms with van der Waals surface area (Å²) < 4.78 is 4.92. The van der Waals surface area contributed by atoms with Gasteiger partial charge in [0.1, 0.15) is 0 Å². The Morgan fingerprint density at radius 2 is 2.38 bits per heavy atom. The molecule has 1 aromatic rings. The molecule has 2 rings (SSSR count). The normalized spacial score (nSPS) is 16.0. The van der Waals surface area contributed by atoms with Crippen molar-refractivity contribution in [2.45, 2.75) is 51.6 Å². The second-order valence-corrected chi connectivity index (χ2v) is 6.43. The van der Waals surface area contributed by atoms with Gasteiger partial charge >= 0.3 is 5.97 Å². The maximum atomic E-state index is 11.3. The number of nitrogens with one attached hydrogen (secondary N) is 1. The number of aromatic nitrogens is 1. The number of hydrogen-bond donors (Lipinski definition) is 1. The Labute approximate surface area is 130 Å². The van der Waals surface area contributed by atoms with Gasteiger partial charge in [0.15, 0.2) is 5.13 Å². The summed E-state index contributed by atoms with van der Waals surface area (Å²) >= 11 is 1.60. The first-order chi connectivity index (χ1) is 10.1. The summed E-state index contributed by atoms with van der Waals surface area (Å²) in [7, 11) is 2.19. The molecular formula is C15H25N3O2S. The fourth-order valence-corrected chi connectivity index (χ4v) is 2.94. The summed E-state index contributed by atoms with van der Waals surface area (Å²) in [6, 6.07) is 1.28. The van der Waals surface area contributed by atoms with E-state index in [4.69, 9.17) is 4.74 Å². The molecule has 0 spiro atoms. The predicted molar refractivity (Wildman–Crippen MR) is 85.8 cm³/mol. The Morgan fingerprint density at radius 3 is 3.05 bits per heavy atom. The number of esters is 1. The Kier molecular flexibility index (Phi) is 5.99. The predicted octanol–water partition coefficient (Wildman–Crippen LogP) is 2.53. The molecule has 0 aliphatic heterocycles. The van der Waals surface area contributed by atoms with Crippen LogP contribution in [0.5, 0.6) is 0 Å². The fourth-order valence-electron chi connectivity index (χ4n) is 2.19. The molecule has 1 atom stereocenters. The molecule has 0 aromatic carbocycles. The fraction of sp³-hybridized carbons (Fsp3) is 0.733. The van der Waals surface area contributed by atoms with Crippen molar-refractivity contribution < 1.29 is 9.53 Å². The van der Waals surface area contributed by atoms with E-state index in [9.17, 15) is 4.79 Å². The minimum Gasteiger partial charge on any atom is -0.466 e. The molecule has 1 fully saturated rings. The van der Waals surface area contributed by atoms with Gasteiger partial charge in [-0.25, -0.2) is 4.98 Å². The van der Waals surface area contributed by atoms with Crippen molar-refractivity contribution >= 4 is 22.4 Å². The van der Waals surface area contributed by atoms with Gasteiger partial charge in [-0.3, -0.25) is 9.69 Å². The number of anilines is 1. The van der Waals surface area contributed by atoms with Crippen molar-refractivity contribution in [3.63, 3.8) is 0 Å². The molecular weight excluding hydrogens is 286 g/mol. The van der Waals surface area contributed by atoms with Gasteiger partial charge in [0.05, 0.1) is 18.7 Å². The van der Waals surface area contributed by atoms with Gasteiger partial charge in [-0.2, -0.15) is 0 Å². The summed E-state index contributed by atoms with van der Waals surface area (Å²) in [5, 5.41) is 6.34. The molecule has 1 aliphatic carbocycles. The van der Waals surface area contributed by atoms with Gasteiger partial charge in [-0.05, 0) is 33.7 Å². The Hall–Kier alpha value is -1.14. The van der Waals surface area contributed by atoms with Crippen LogP contribution in [0.2, 0.25) is 0 Å². The molecule has 1 aliphatic rings. The molecule has 6 heteroatoms. The molecule has 21 heavy (non-hydrogen) atoms. The Morgan fingerprint density at radius 1 is 1.62 bits per heavy atom. The highest BCUT2D eigenvalue weighted by Gasteiger charge is 2.28. The summed E-state index contributed by atoms with van der Waals surface area (Å²) in [5.74, 6) is -0.153. The number of carbonyl (C=O) groups is 1. The standard InChI is InChI=1S/C15H25N3O2S/c1-4-20-14(19)8-5-12-10-21-15(17-12)16-9-11(2)18(3)13-6-7-13/h10-11,13H,4-9H2,1-3H3,(H,16,17). The van der Waals surface area contributed by atoms with E-state index in [1.807, 2.05) is 12.3 Å². The molecule has 1 aromatic heterocycles. The van der Waals surface area contributed by atoms with Gasteiger partial charge in [0.25, 0.3) is 0 Å². The SMILES string of the molecule is CCOC(=O)CCc1csc(NCC(C)N(C)C2CC2)n1. The van der Waals surface area contributed by atoms with E-state index in [0.29, 0.717) is 25.5 Å². The van der Waals surface area contributed by atoms with Crippen molar-refractivity contribution in [2.75, 3.05) is 25.5 Å². The number of hydrogen-bond acceptors (Lipinski definition) is 6. The van der Waals surface area contributed by atoms with Crippen molar-refractivity contribution in [1.29, 1.82) is 0 Å². The van der Waals surface area contributed by atoms with Gasteiger partial charge in [-0.1, -0.05) is 0 Å². The molecule has 1 unspecified atom stereocenters. The van der Waals surface area contributed by atoms with Crippen LogP contribution in [0.3, 0.4) is 0 Å². The van der Waals surface area contributed by atoms with Gasteiger partial charge in [0.2, 0.25) is 0 Å². The van der Waals surface area contributed by atoms with Crippen LogP contribution in [-0.2, 0) is 16.0 Å². The lowest BCUT2D eigenvalue weighted by Gasteiger charge is -2.24. The zero-order chi connectivity index (χ0) is 15.2. The van der Waals surface area contributed by atoms with E-state index in [1.165, 1.54) is 12.8 Å². The zero-order valence-electron chi connectivity index (χ0n) is 13.1. The molecule has 5 nitrogen and oxygen atoms in total. The van der Waals surface area contributed by atoms with Crippen LogP contribution in [0.1, 0.15) is 38.8 Å². The summed E-state index contributed by atoms with van der Waals surface area (Å²) in [6.45, 7) is 5.40. The van der Waals surface area contributed by atoms with Gasteiger partial charge in [-0.15, -0.1) is 11.3 Å². The monoisotopic (exact) mass is 311 g/mol. The van der Waals surface area contributed by atoms with Crippen LogP contribution < -0.4 is 5.32 Å². The average molecular weight is 311 g/mol. The lowest BCUT2D eigenvalue weighted by molar-refractivity contribution is -0.143. The topological polar surface area (TPSA) is 54.5 Å². The van der Waals surface area contributed by atoms with E-state index in [0.717, 1.165) is 23.4 Å². The highest BCUT2D eigenvalue weighted by Crippen LogP contribution is 2.27. The summed E-state index contributed by atoms with van der Waals surface area (Å²) in [5.41, 5.74) is 0.957. The molecule has 0 amide bonds. The molecule has 1 heterocycles. The van der Waals surface area contributed by atoms with E-state index < -0.39 is 0 Å². The zero-order valence-corrected chi connectivity index (χ0v) is 13.9. The molecule has 0 bridgehead atoms. The van der Waals surface area contributed by atoms with Crippen LogP contribution >= 0.6 is 11.3 Å². The molecule has 0 saturated heterocycles. The number of rotatable bonds is 9. The average Bonchev–Trinajstić information content (AvgIpc) is 3.22. The van der Waals surface area contributed by atoms with Gasteiger partial charge < -0.3 is 10.1 Å². The van der Waals surface area contributed by atoms with Crippen molar-refractivity contribution in [2.24, 2.45) is 0 Å². The first kappa shape index (κ1) is 16.2. The van der Waals surface area contributed by atoms with E-state index >= 15 is 0 Å². The van der Waals surface area contributed by atoms with Crippen LogP contribution in [0.15, 0.2) is 5.38 Å². The smallest absolute Gasteiger partial charge is 0.306 e. The highest BCUT2D eigenvalue weighted by molar-refractivity contribution is 7.13. The maximum Gasteiger partial charge on any atom is 0.306 e. The largest absolute Gasteiger partial charge is 0.466 e. The van der Waals surface area contributed by atoms with Crippen molar-refractivity contribution in [3.05, 3.63) is 11.1 Å². The maximum absolute atomic E-state index is 11.3. The second-order valence-electron chi connectivity index (χ2n) is 5.58. The second kappa shape index (κ2) is 7.75. The first-order valence-electron chi connectivity index (χ1n) is 7.66. The summed E-state index contributed by atoms with van der Waals surface area (Å²) in [6.07, 6.45) is 3.71. The minimum absolute atomic E-state index is 0.153. The number of nitrogens with zero attached hydrogens (tertiary/aromatic N) is 2. The number of ether oxygens (including phenoxy) is 1. The van der Waals surface area contributed by atoms with Crippen LogP contribution in [0, 0.1) is 0 Å². The lowest BCUT2D eigenvalue weighted by Crippen LogP contribution is -2.36. The van der Waals surface area contributed by atoms with E-state index in [1.54, 1.807) is 11.3 Å². The van der Waals surface area contributed by atoms with Crippen LogP contribution in [0.25, 0.3) is 0 Å². The minimum atomic E-state index is -0.153. The number of aryl methyl sites for hydroxylation is 1. The lowest BCUT2D eigenvalue weighted by atomic mass is 10.2. The molecule has 0 radical (unpaired) electrons. The molecule has 118 valence electrons. The molecule has 1 N–H and O–H groups in total. The Bertz CT molecular complexity index is 460. The third-order valence-electron chi connectivity index (χ3n) is 3.81. The third-order valence-corrected chi connectivity index (χ3v) is 4.66. The van der Waals surface area contributed by atoms with Crippen LogP contribution in [0.4, 0.5) is 5.13 Å². The number of likely N-dealkylation sites (N-methyl/N-ethyl adjacent to an activating group) is 1. The first-order valence-corrected chi connectivity index (χ1v) is 8.54. The van der Waals surface area contributed by atoms with Crippen molar-refractivity contribution in [1.82, 2.24) is 9.88 Å². The third kappa shape index (κ3) is 5.28. The molecule has 1 saturated carbocycles. The Balaban J connectivity index is 1.71. The van der Waals surface area contributed by atoms with E-state index in [-0.39, 0.29) is 5.97 Å². The highest BCUT2D eigenvalue weighted by atomic mass is 32.1. The van der Waals surface area contributed by atoms with Crippen molar-refractivity contribution in [3.8, 4) is 0 Å². The summed E-state index contributed by atoms with van der Waals surface area (Å²) in [4.78, 5) is 18.3. The van der Waals surface area contributed by atoms with Gasteiger partial charge in [0, 0.05) is 30.4 Å². The van der Waals surface area contributed by atoms with Crippen LogP contribution in [-0.4, -0.2) is 48.1 Å². The van der Waals surface area contributed by atoms with E-state index in [2.05, 4.69) is 29.2 Å². The number of carbonyl (C=O) groups excluding carboxylic acids is 1. The number of thiazole rings is 1.